The molecule has 0 N–H and O–H groups in total. The molecule has 0 aliphatic heterocycles. The molecule has 0 aliphatic rings. The molecule has 3 heteroatoms. The van der Waals surface area contributed by atoms with E-state index in [1.807, 2.05) is 48.9 Å². The largest absolute Gasteiger partial charge is 0.342 e. The molecule has 2 rings (SSSR count). The molecule has 0 radical (unpaired) electrons. The quantitative estimate of drug-likeness (QED) is 0.601. The summed E-state index contributed by atoms with van der Waals surface area (Å²) in [5, 5.41) is 1.06. The fourth-order valence-electron chi connectivity index (χ4n) is 2.02. The molecule has 2 aromatic rings. The molecule has 0 saturated carbocycles. The second kappa shape index (κ2) is 5.91. The number of rotatable bonds is 5. The molecule has 2 nitrogen and oxygen atoms in total. The van der Waals surface area contributed by atoms with E-state index in [9.17, 15) is 4.79 Å². The fourth-order valence-corrected chi connectivity index (χ4v) is 2.79. The third-order valence-corrected chi connectivity index (χ3v) is 3.69. The van der Waals surface area contributed by atoms with E-state index in [0.717, 1.165) is 29.1 Å². The van der Waals surface area contributed by atoms with Gasteiger partial charge in [-0.15, -0.1) is 11.8 Å². The van der Waals surface area contributed by atoms with E-state index in [1.165, 1.54) is 0 Å². The minimum absolute atomic E-state index is 0.106. The van der Waals surface area contributed by atoms with Crippen LogP contribution in [0.25, 0.3) is 0 Å². The summed E-state index contributed by atoms with van der Waals surface area (Å²) in [5.74, 6) is 0.106. The molecule has 1 heterocycles. The number of aryl methyl sites for hydroxylation is 1. The lowest BCUT2D eigenvalue weighted by Gasteiger charge is -2.07. The number of hydrogen-bond donors (Lipinski definition) is 0. The van der Waals surface area contributed by atoms with Crippen LogP contribution in [0.2, 0.25) is 0 Å². The molecule has 0 fully saturated rings. The maximum absolute atomic E-state index is 12.4. The summed E-state index contributed by atoms with van der Waals surface area (Å²) in [4.78, 5) is 12.4. The Hall–Kier alpha value is -1.48. The second-order valence-electron chi connectivity index (χ2n) is 4.13. The van der Waals surface area contributed by atoms with Gasteiger partial charge in [-0.1, -0.05) is 37.3 Å². The van der Waals surface area contributed by atoms with Crippen molar-refractivity contribution in [3.63, 3.8) is 0 Å². The van der Waals surface area contributed by atoms with E-state index in [0.29, 0.717) is 0 Å². The Morgan fingerprint density at radius 1 is 1.22 bits per heavy atom. The highest BCUT2D eigenvalue weighted by Gasteiger charge is 2.16. The normalized spacial score (nSPS) is 10.6. The van der Waals surface area contributed by atoms with Crippen molar-refractivity contribution in [2.45, 2.75) is 24.9 Å². The number of hydrogen-bond acceptors (Lipinski definition) is 2. The Balaban J connectivity index is 2.36. The lowest BCUT2D eigenvalue weighted by molar-refractivity contribution is 0.103. The Kier molecular flexibility index (Phi) is 4.26. The molecule has 94 valence electrons. The van der Waals surface area contributed by atoms with Crippen LogP contribution in [0.3, 0.4) is 0 Å². The van der Waals surface area contributed by atoms with Crippen LogP contribution in [-0.2, 0) is 6.54 Å². The van der Waals surface area contributed by atoms with Crippen LogP contribution in [-0.4, -0.2) is 16.6 Å². The van der Waals surface area contributed by atoms with Crippen LogP contribution in [0.15, 0.2) is 47.6 Å². The molecule has 18 heavy (non-hydrogen) atoms. The molecule has 0 aliphatic carbocycles. The number of thioether (sulfide) groups is 1. The number of carbonyl (C=O) groups excluding carboxylic acids is 1. The fraction of sp³-hybridized carbons (Fsp3) is 0.267. The van der Waals surface area contributed by atoms with Crippen LogP contribution in [0.1, 0.15) is 29.3 Å². The molecule has 0 amide bonds. The van der Waals surface area contributed by atoms with Gasteiger partial charge in [-0.05, 0) is 18.7 Å². The molecular formula is C15H17NOS. The summed E-state index contributed by atoms with van der Waals surface area (Å²) in [7, 11) is 0. The number of aromatic nitrogens is 1. The monoisotopic (exact) mass is 259 g/mol. The molecular weight excluding hydrogens is 242 g/mol. The van der Waals surface area contributed by atoms with Gasteiger partial charge in [-0.25, -0.2) is 0 Å². The highest BCUT2D eigenvalue weighted by Crippen LogP contribution is 2.24. The van der Waals surface area contributed by atoms with Gasteiger partial charge in [0.2, 0.25) is 0 Å². The zero-order valence-corrected chi connectivity index (χ0v) is 11.5. The lowest BCUT2D eigenvalue weighted by atomic mass is 10.1. The molecule has 0 atom stereocenters. The van der Waals surface area contributed by atoms with Gasteiger partial charge in [-0.2, -0.15) is 0 Å². The van der Waals surface area contributed by atoms with E-state index in [-0.39, 0.29) is 5.78 Å². The first kappa shape index (κ1) is 13.0. The number of carbonyl (C=O) groups is 1. The van der Waals surface area contributed by atoms with Crippen LogP contribution >= 0.6 is 11.8 Å². The number of benzene rings is 1. The molecule has 0 saturated heterocycles. The summed E-state index contributed by atoms with van der Waals surface area (Å²) in [6.07, 6.45) is 5.09. The van der Waals surface area contributed by atoms with Crippen molar-refractivity contribution in [3.8, 4) is 0 Å². The highest BCUT2D eigenvalue weighted by atomic mass is 32.2. The van der Waals surface area contributed by atoms with Crippen molar-refractivity contribution in [2.75, 3.05) is 6.26 Å². The Morgan fingerprint density at radius 3 is 2.56 bits per heavy atom. The van der Waals surface area contributed by atoms with Gasteiger partial charge in [0.1, 0.15) is 0 Å². The average Bonchev–Trinajstić information content (AvgIpc) is 2.82. The third kappa shape index (κ3) is 2.51. The van der Waals surface area contributed by atoms with Crippen molar-refractivity contribution >= 4 is 17.5 Å². The Labute approximate surface area is 112 Å². The van der Waals surface area contributed by atoms with E-state index >= 15 is 0 Å². The number of nitrogens with zero attached hydrogens (tertiary/aromatic N) is 1. The molecule has 0 spiro atoms. The maximum Gasteiger partial charge on any atom is 0.195 e. The summed E-state index contributed by atoms with van der Waals surface area (Å²) in [5.41, 5.74) is 1.56. The summed E-state index contributed by atoms with van der Waals surface area (Å²) < 4.78 is 2.15. The van der Waals surface area contributed by atoms with E-state index in [4.69, 9.17) is 0 Å². The van der Waals surface area contributed by atoms with E-state index in [1.54, 1.807) is 11.8 Å². The number of ketones is 1. The maximum atomic E-state index is 12.4. The average molecular weight is 259 g/mol. The van der Waals surface area contributed by atoms with Gasteiger partial charge >= 0.3 is 0 Å². The van der Waals surface area contributed by atoms with Gasteiger partial charge in [-0.3, -0.25) is 4.79 Å². The first-order valence-electron chi connectivity index (χ1n) is 6.10. The van der Waals surface area contributed by atoms with Gasteiger partial charge in [0.15, 0.2) is 5.78 Å². The molecule has 0 unspecified atom stereocenters. The van der Waals surface area contributed by atoms with Crippen LogP contribution in [0, 0.1) is 0 Å². The summed E-state index contributed by atoms with van der Waals surface area (Å²) >= 11 is 1.63. The van der Waals surface area contributed by atoms with Gasteiger partial charge in [0.25, 0.3) is 0 Å². The van der Waals surface area contributed by atoms with Crippen molar-refractivity contribution in [2.24, 2.45) is 0 Å². The Morgan fingerprint density at radius 2 is 1.94 bits per heavy atom. The first-order valence-corrected chi connectivity index (χ1v) is 7.33. The predicted molar refractivity (Wildman–Crippen MR) is 76.4 cm³/mol. The summed E-state index contributed by atoms with van der Waals surface area (Å²) in [6.45, 7) is 3.10. The van der Waals surface area contributed by atoms with Gasteiger partial charge in [0.05, 0.1) is 10.6 Å². The summed E-state index contributed by atoms with van der Waals surface area (Å²) in [6, 6.07) is 11.4. The Bertz CT molecular complexity index is 531. The SMILES string of the molecule is CCCn1ccc(C(=O)c2ccccc2)c1SC. The van der Waals surface area contributed by atoms with Crippen molar-refractivity contribution < 1.29 is 4.79 Å². The highest BCUT2D eigenvalue weighted by molar-refractivity contribution is 7.98. The smallest absolute Gasteiger partial charge is 0.195 e. The molecule has 0 bridgehead atoms. The minimum Gasteiger partial charge on any atom is -0.342 e. The van der Waals surface area contributed by atoms with E-state index < -0.39 is 0 Å². The third-order valence-electron chi connectivity index (χ3n) is 2.85. The van der Waals surface area contributed by atoms with E-state index in [2.05, 4.69) is 11.5 Å². The van der Waals surface area contributed by atoms with Crippen LogP contribution in [0.5, 0.6) is 0 Å². The molecule has 1 aromatic heterocycles. The second-order valence-corrected chi connectivity index (χ2v) is 4.92. The van der Waals surface area contributed by atoms with Crippen molar-refractivity contribution in [1.29, 1.82) is 0 Å². The first-order chi connectivity index (χ1) is 8.77. The van der Waals surface area contributed by atoms with Crippen molar-refractivity contribution in [3.05, 3.63) is 53.7 Å². The predicted octanol–water partition coefficient (Wildman–Crippen LogP) is 3.85. The van der Waals surface area contributed by atoms with Gasteiger partial charge < -0.3 is 4.57 Å². The zero-order valence-electron chi connectivity index (χ0n) is 10.7. The zero-order chi connectivity index (χ0) is 13.0. The van der Waals surface area contributed by atoms with Crippen LogP contribution < -0.4 is 0 Å². The lowest BCUT2D eigenvalue weighted by Crippen LogP contribution is -2.04. The standard InChI is InChI=1S/C15H17NOS/c1-3-10-16-11-9-13(15(16)18-2)14(17)12-7-5-4-6-8-12/h4-9,11H,3,10H2,1-2H3. The van der Waals surface area contributed by atoms with Crippen LogP contribution in [0.4, 0.5) is 0 Å². The molecule has 1 aromatic carbocycles. The van der Waals surface area contributed by atoms with Gasteiger partial charge in [0, 0.05) is 18.3 Å². The van der Waals surface area contributed by atoms with Crippen molar-refractivity contribution in [1.82, 2.24) is 4.57 Å². The topological polar surface area (TPSA) is 22.0 Å². The minimum atomic E-state index is 0.106.